The van der Waals surface area contributed by atoms with E-state index in [1.165, 1.54) is 24.0 Å². The maximum Gasteiger partial charge on any atom is 0.0320 e. The van der Waals surface area contributed by atoms with Crippen molar-refractivity contribution >= 4 is 0 Å². The molecular weight excluding hydrogens is 198 g/mol. The quantitative estimate of drug-likeness (QED) is 0.714. The van der Waals surface area contributed by atoms with Crippen LogP contribution in [0.3, 0.4) is 0 Å². The average Bonchev–Trinajstić information content (AvgIpc) is 2.39. The lowest BCUT2D eigenvalue weighted by atomic mass is 9.90. The van der Waals surface area contributed by atoms with Crippen LogP contribution in [0.25, 0.3) is 0 Å². The van der Waals surface area contributed by atoms with E-state index in [4.69, 9.17) is 11.5 Å². The zero-order valence-electron chi connectivity index (χ0n) is 9.65. The van der Waals surface area contributed by atoms with Gasteiger partial charge in [-0.2, -0.15) is 0 Å². The van der Waals surface area contributed by atoms with Crippen molar-refractivity contribution < 1.29 is 0 Å². The lowest BCUT2D eigenvalue weighted by molar-refractivity contribution is 0.320. The van der Waals surface area contributed by atoms with Crippen LogP contribution in [-0.2, 0) is 6.54 Å². The predicted octanol–water partition coefficient (Wildman–Crippen LogP) is 1.14. The molecule has 0 bridgehead atoms. The van der Waals surface area contributed by atoms with E-state index in [2.05, 4.69) is 29.6 Å². The molecular formula is C13H21N3. The molecule has 88 valence electrons. The maximum absolute atomic E-state index is 5.68. The normalized spacial score (nSPS) is 25.6. The minimum Gasteiger partial charge on any atom is -0.330 e. The number of rotatable bonds is 3. The molecule has 0 amide bonds. The second kappa shape index (κ2) is 5.43. The topological polar surface area (TPSA) is 64.1 Å². The van der Waals surface area contributed by atoms with Gasteiger partial charge in [0.25, 0.3) is 0 Å². The van der Waals surface area contributed by atoms with E-state index in [1.54, 1.807) is 0 Å². The molecule has 1 saturated heterocycles. The Hall–Kier alpha value is -0.900. The Bertz CT molecular complexity index is 330. The Morgan fingerprint density at radius 2 is 2.12 bits per heavy atom. The standard InChI is InChI=1S/C13H21N3/c14-7-10-2-1-3-12(6-10)13-5-4-11(8-15)9-16-13/h1-3,6,11,13,16H,4-5,7-9,14-15H2. The first-order valence-corrected chi connectivity index (χ1v) is 6.06. The van der Waals surface area contributed by atoms with Gasteiger partial charge in [-0.1, -0.05) is 24.3 Å². The molecule has 16 heavy (non-hydrogen) atoms. The summed E-state index contributed by atoms with van der Waals surface area (Å²) >= 11 is 0. The molecule has 1 aromatic carbocycles. The first-order chi connectivity index (χ1) is 7.83. The fourth-order valence-electron chi connectivity index (χ4n) is 2.34. The van der Waals surface area contributed by atoms with Crippen LogP contribution >= 0.6 is 0 Å². The average molecular weight is 219 g/mol. The summed E-state index contributed by atoms with van der Waals surface area (Å²) in [6.07, 6.45) is 2.40. The van der Waals surface area contributed by atoms with Crippen LogP contribution in [0.15, 0.2) is 24.3 Å². The Labute approximate surface area is 97.2 Å². The zero-order valence-corrected chi connectivity index (χ0v) is 9.65. The fourth-order valence-corrected chi connectivity index (χ4v) is 2.34. The Balaban J connectivity index is 2.02. The van der Waals surface area contributed by atoms with Crippen LogP contribution in [0.2, 0.25) is 0 Å². The van der Waals surface area contributed by atoms with Crippen LogP contribution in [0.4, 0.5) is 0 Å². The van der Waals surface area contributed by atoms with E-state index in [1.807, 2.05) is 0 Å². The molecule has 2 unspecified atom stereocenters. The van der Waals surface area contributed by atoms with E-state index < -0.39 is 0 Å². The minimum absolute atomic E-state index is 0.481. The monoisotopic (exact) mass is 219 g/mol. The van der Waals surface area contributed by atoms with E-state index >= 15 is 0 Å². The molecule has 3 heteroatoms. The van der Waals surface area contributed by atoms with Crippen molar-refractivity contribution in [1.82, 2.24) is 5.32 Å². The summed E-state index contributed by atoms with van der Waals surface area (Å²) in [5.74, 6) is 0.647. The van der Waals surface area contributed by atoms with Crippen molar-refractivity contribution in [1.29, 1.82) is 0 Å². The first kappa shape index (κ1) is 11.6. The number of benzene rings is 1. The number of hydrogen-bond donors (Lipinski definition) is 3. The molecule has 3 nitrogen and oxygen atoms in total. The Morgan fingerprint density at radius 3 is 2.75 bits per heavy atom. The number of nitrogens with two attached hydrogens (primary N) is 2. The van der Waals surface area contributed by atoms with E-state index in [0.717, 1.165) is 13.1 Å². The molecule has 0 aliphatic carbocycles. The second-order valence-electron chi connectivity index (χ2n) is 4.59. The van der Waals surface area contributed by atoms with Gasteiger partial charge < -0.3 is 16.8 Å². The maximum atomic E-state index is 5.68. The van der Waals surface area contributed by atoms with Gasteiger partial charge in [0.15, 0.2) is 0 Å². The van der Waals surface area contributed by atoms with Crippen molar-refractivity contribution in [3.63, 3.8) is 0 Å². The fraction of sp³-hybridized carbons (Fsp3) is 0.538. The summed E-state index contributed by atoms with van der Waals surface area (Å²) < 4.78 is 0. The third-order valence-electron chi connectivity index (χ3n) is 3.44. The van der Waals surface area contributed by atoms with Crippen LogP contribution in [-0.4, -0.2) is 13.1 Å². The Morgan fingerprint density at radius 1 is 1.25 bits per heavy atom. The van der Waals surface area contributed by atoms with Gasteiger partial charge in [-0.15, -0.1) is 0 Å². The molecule has 1 aliphatic rings. The van der Waals surface area contributed by atoms with Gasteiger partial charge in [0.05, 0.1) is 0 Å². The summed E-state index contributed by atoms with van der Waals surface area (Å²) in [5.41, 5.74) is 13.9. The molecule has 1 aromatic rings. The molecule has 0 saturated carbocycles. The van der Waals surface area contributed by atoms with Crippen LogP contribution in [0.5, 0.6) is 0 Å². The molecule has 2 atom stereocenters. The van der Waals surface area contributed by atoms with E-state index in [9.17, 15) is 0 Å². The van der Waals surface area contributed by atoms with Gasteiger partial charge >= 0.3 is 0 Å². The number of piperidine rings is 1. The molecule has 2 rings (SSSR count). The lowest BCUT2D eigenvalue weighted by Crippen LogP contribution is -2.36. The van der Waals surface area contributed by atoms with Crippen molar-refractivity contribution in [3.8, 4) is 0 Å². The highest BCUT2D eigenvalue weighted by molar-refractivity contribution is 5.26. The molecule has 0 aromatic heterocycles. The van der Waals surface area contributed by atoms with Crippen LogP contribution in [0.1, 0.15) is 30.0 Å². The summed E-state index contributed by atoms with van der Waals surface area (Å²) in [5, 5.41) is 3.57. The van der Waals surface area contributed by atoms with Gasteiger partial charge in [-0.3, -0.25) is 0 Å². The highest BCUT2D eigenvalue weighted by atomic mass is 14.9. The lowest BCUT2D eigenvalue weighted by Gasteiger charge is -2.29. The highest BCUT2D eigenvalue weighted by Gasteiger charge is 2.20. The molecule has 1 fully saturated rings. The SMILES string of the molecule is NCc1cccc(C2CCC(CN)CN2)c1. The first-order valence-electron chi connectivity index (χ1n) is 6.06. The largest absolute Gasteiger partial charge is 0.330 e. The molecule has 0 spiro atoms. The summed E-state index contributed by atoms with van der Waals surface area (Å²) in [6.45, 7) is 2.45. The predicted molar refractivity (Wildman–Crippen MR) is 66.9 cm³/mol. The summed E-state index contributed by atoms with van der Waals surface area (Å²) in [6, 6.07) is 9.04. The third-order valence-corrected chi connectivity index (χ3v) is 3.44. The van der Waals surface area contributed by atoms with Gasteiger partial charge in [0.2, 0.25) is 0 Å². The van der Waals surface area contributed by atoms with E-state index in [-0.39, 0.29) is 0 Å². The molecule has 5 N–H and O–H groups in total. The minimum atomic E-state index is 0.481. The van der Waals surface area contributed by atoms with Gasteiger partial charge in [-0.25, -0.2) is 0 Å². The van der Waals surface area contributed by atoms with Crippen LogP contribution < -0.4 is 16.8 Å². The number of hydrogen-bond acceptors (Lipinski definition) is 3. The molecule has 0 radical (unpaired) electrons. The van der Waals surface area contributed by atoms with Crippen molar-refractivity contribution in [2.24, 2.45) is 17.4 Å². The van der Waals surface area contributed by atoms with Crippen molar-refractivity contribution in [3.05, 3.63) is 35.4 Å². The van der Waals surface area contributed by atoms with Gasteiger partial charge in [0.1, 0.15) is 0 Å². The van der Waals surface area contributed by atoms with Crippen LogP contribution in [0, 0.1) is 5.92 Å². The van der Waals surface area contributed by atoms with Crippen molar-refractivity contribution in [2.45, 2.75) is 25.4 Å². The van der Waals surface area contributed by atoms with Gasteiger partial charge in [-0.05, 0) is 43.0 Å². The molecule has 1 heterocycles. The summed E-state index contributed by atoms with van der Waals surface area (Å²) in [7, 11) is 0. The number of nitrogens with one attached hydrogen (secondary N) is 1. The summed E-state index contributed by atoms with van der Waals surface area (Å²) in [4.78, 5) is 0. The van der Waals surface area contributed by atoms with Crippen molar-refractivity contribution in [2.75, 3.05) is 13.1 Å². The zero-order chi connectivity index (χ0) is 11.4. The van der Waals surface area contributed by atoms with E-state index in [0.29, 0.717) is 18.5 Å². The third kappa shape index (κ3) is 2.61. The van der Waals surface area contributed by atoms with Gasteiger partial charge in [0, 0.05) is 12.6 Å². The smallest absolute Gasteiger partial charge is 0.0320 e. The highest BCUT2D eigenvalue weighted by Crippen LogP contribution is 2.25. The Kier molecular flexibility index (Phi) is 3.93. The molecule has 1 aliphatic heterocycles. The second-order valence-corrected chi connectivity index (χ2v) is 4.59.